The standard InChI is InChI=1S/C35H52F2N5O7P/c1-4-5-6-7-8-9-10-11-12-13-14-15-16-17-18-19-20-21-22-23-30(43)39-25-26-40-50(46,47-3)49-28(2)31-32(44)35(36,37)33(48-31)42-27-24-29(38)41-34(42)45/h5-6,8-9,11-12,14-15,17-18,20-21,24,27-28,31-33,44H,4,7,10,13,16,19,22-23,25-26H2,1-3H3,(H,39,43)(H,40,46)(H2,38,41,45)/b6-5-,9-8-,12-11-,15-14-,18-17-,21-20-/t28-,31-,32-,33-,50?/m1/s1. The largest absolute Gasteiger partial charge is 0.405 e. The van der Waals surface area contributed by atoms with Crippen LogP contribution in [0.4, 0.5) is 14.6 Å². The highest BCUT2D eigenvalue weighted by Crippen LogP contribution is 2.48. The van der Waals surface area contributed by atoms with Gasteiger partial charge in [0.2, 0.25) is 12.1 Å². The molecule has 50 heavy (non-hydrogen) atoms. The zero-order chi connectivity index (χ0) is 36.8. The van der Waals surface area contributed by atoms with Gasteiger partial charge in [-0.25, -0.2) is 14.4 Å². The predicted octanol–water partition coefficient (Wildman–Crippen LogP) is 6.06. The van der Waals surface area contributed by atoms with Gasteiger partial charge in [-0.05, 0) is 57.9 Å². The highest BCUT2D eigenvalue weighted by molar-refractivity contribution is 7.51. The van der Waals surface area contributed by atoms with Gasteiger partial charge in [0, 0.05) is 32.8 Å². The maximum atomic E-state index is 14.9. The summed E-state index contributed by atoms with van der Waals surface area (Å²) in [4.78, 5) is 27.7. The lowest BCUT2D eigenvalue weighted by molar-refractivity contribution is -0.141. The molecule has 0 spiro atoms. The van der Waals surface area contributed by atoms with Gasteiger partial charge < -0.3 is 25.4 Å². The number of aromatic nitrogens is 2. The number of hydrogen-bond donors (Lipinski definition) is 4. The Morgan fingerprint density at radius 3 is 2.10 bits per heavy atom. The summed E-state index contributed by atoms with van der Waals surface area (Å²) in [6, 6.07) is 1.13. The van der Waals surface area contributed by atoms with Crippen molar-refractivity contribution in [3.05, 3.63) is 95.7 Å². The Labute approximate surface area is 293 Å². The second-order valence-corrected chi connectivity index (χ2v) is 13.2. The van der Waals surface area contributed by atoms with Crippen LogP contribution in [0.1, 0.15) is 71.4 Å². The monoisotopic (exact) mass is 723 g/mol. The van der Waals surface area contributed by atoms with Crippen molar-refractivity contribution in [1.82, 2.24) is 20.0 Å². The van der Waals surface area contributed by atoms with Crippen molar-refractivity contribution in [1.29, 1.82) is 0 Å². The van der Waals surface area contributed by atoms with Crippen LogP contribution in [0.3, 0.4) is 0 Å². The molecule has 12 nitrogen and oxygen atoms in total. The molecule has 1 aliphatic rings. The number of ether oxygens (including phenoxy) is 1. The van der Waals surface area contributed by atoms with Gasteiger partial charge in [-0.15, -0.1) is 0 Å². The van der Waals surface area contributed by atoms with Gasteiger partial charge in [0.1, 0.15) is 11.9 Å². The summed E-state index contributed by atoms with van der Waals surface area (Å²) in [5.74, 6) is -4.30. The molecule has 1 fully saturated rings. The second-order valence-electron chi connectivity index (χ2n) is 11.3. The summed E-state index contributed by atoms with van der Waals surface area (Å²) < 4.78 is 59.0. The molecular weight excluding hydrogens is 671 g/mol. The number of halogens is 2. The maximum absolute atomic E-state index is 14.9. The summed E-state index contributed by atoms with van der Waals surface area (Å²) in [5.41, 5.74) is 4.32. The SMILES string of the molecule is CC/C=C\C/C=C\C/C=C\C/C=C\C/C=C\C/C=C\CCC(=O)NCCNP(=O)(OC)O[C@H](C)[C@H]1O[C@@H](n2ccc(N)nc2=O)C(F)(F)[C@@H]1O. The Morgan fingerprint density at radius 2 is 1.58 bits per heavy atom. The summed E-state index contributed by atoms with van der Waals surface area (Å²) in [6.07, 6.45) is 25.0. The van der Waals surface area contributed by atoms with E-state index in [2.05, 4.69) is 83.1 Å². The van der Waals surface area contributed by atoms with Crippen molar-refractivity contribution in [2.45, 2.75) is 95.7 Å². The van der Waals surface area contributed by atoms with Crippen LogP contribution in [0, 0.1) is 0 Å². The van der Waals surface area contributed by atoms with Crippen molar-refractivity contribution < 1.29 is 37.0 Å². The number of amides is 1. The third-order valence-electron chi connectivity index (χ3n) is 7.32. The minimum atomic E-state index is -4.07. The van der Waals surface area contributed by atoms with E-state index in [-0.39, 0.29) is 31.2 Å². The van der Waals surface area contributed by atoms with E-state index in [1.807, 2.05) is 12.2 Å². The van der Waals surface area contributed by atoms with Crippen LogP contribution in [-0.2, 0) is 23.1 Å². The van der Waals surface area contributed by atoms with Crippen LogP contribution in [-0.4, -0.2) is 65.0 Å². The average molecular weight is 724 g/mol. The quantitative estimate of drug-likeness (QED) is 0.0592. The number of nitrogens with two attached hydrogens (primary N) is 1. The normalized spacial score (nSPS) is 21.4. The number of carbonyl (C=O) groups excluding carboxylic acids is 1. The van der Waals surface area contributed by atoms with Crippen LogP contribution in [0.15, 0.2) is 90.0 Å². The van der Waals surface area contributed by atoms with Gasteiger partial charge in [0.25, 0.3) is 0 Å². The molecule has 1 aliphatic heterocycles. The molecule has 0 aliphatic carbocycles. The fraction of sp³-hybridized carbons (Fsp3) is 0.514. The molecule has 1 aromatic rings. The first-order valence-electron chi connectivity index (χ1n) is 16.8. The van der Waals surface area contributed by atoms with E-state index in [1.165, 1.54) is 6.92 Å². The predicted molar refractivity (Wildman–Crippen MR) is 191 cm³/mol. The molecule has 0 aromatic carbocycles. The summed E-state index contributed by atoms with van der Waals surface area (Å²) in [7, 11) is -2.97. The fourth-order valence-corrected chi connectivity index (χ4v) is 5.90. The second kappa shape index (κ2) is 23.0. The lowest BCUT2D eigenvalue weighted by atomic mass is 10.1. The third kappa shape index (κ3) is 15.2. The Bertz CT molecular complexity index is 1460. The minimum absolute atomic E-state index is 0.0249. The third-order valence-corrected chi connectivity index (χ3v) is 9.02. The van der Waals surface area contributed by atoms with Gasteiger partial charge in [-0.3, -0.25) is 13.9 Å². The van der Waals surface area contributed by atoms with Crippen LogP contribution >= 0.6 is 7.75 Å². The Morgan fingerprint density at radius 1 is 1.04 bits per heavy atom. The molecule has 2 heterocycles. The van der Waals surface area contributed by atoms with Crippen LogP contribution < -0.4 is 21.8 Å². The van der Waals surface area contributed by atoms with Crippen molar-refractivity contribution in [3.63, 3.8) is 0 Å². The summed E-state index contributed by atoms with van der Waals surface area (Å²) >= 11 is 0. The lowest BCUT2D eigenvalue weighted by Crippen LogP contribution is -2.43. The van der Waals surface area contributed by atoms with E-state index in [4.69, 9.17) is 19.5 Å². The number of alkyl halides is 2. The van der Waals surface area contributed by atoms with Gasteiger partial charge in [-0.2, -0.15) is 13.8 Å². The average Bonchev–Trinajstić information content (AvgIpc) is 3.32. The van der Waals surface area contributed by atoms with Crippen LogP contribution in [0.25, 0.3) is 0 Å². The number of carbonyl (C=O) groups is 1. The number of nitrogens with zero attached hydrogens (tertiary/aromatic N) is 2. The number of nitrogen functional groups attached to an aromatic ring is 1. The van der Waals surface area contributed by atoms with Gasteiger partial charge in [0.15, 0.2) is 6.10 Å². The number of anilines is 1. The Kier molecular flexibility index (Phi) is 19.7. The highest BCUT2D eigenvalue weighted by Gasteiger charge is 2.61. The number of hydrogen-bond acceptors (Lipinski definition) is 9. The van der Waals surface area contributed by atoms with Crippen molar-refractivity contribution >= 4 is 19.5 Å². The van der Waals surface area contributed by atoms with Crippen molar-refractivity contribution in [2.75, 3.05) is 25.9 Å². The van der Waals surface area contributed by atoms with E-state index in [1.54, 1.807) is 0 Å². The number of rotatable bonds is 23. The van der Waals surface area contributed by atoms with E-state index < -0.39 is 43.9 Å². The molecule has 15 heteroatoms. The maximum Gasteiger partial charge on any atom is 0.405 e. The number of aliphatic hydroxyl groups is 1. The number of allylic oxidation sites excluding steroid dienone is 12. The first kappa shape index (κ1) is 42.6. The first-order valence-corrected chi connectivity index (χ1v) is 18.3. The van der Waals surface area contributed by atoms with E-state index in [0.717, 1.165) is 57.9 Å². The molecule has 278 valence electrons. The van der Waals surface area contributed by atoms with Crippen LogP contribution in [0.2, 0.25) is 0 Å². The molecule has 0 radical (unpaired) electrons. The van der Waals surface area contributed by atoms with E-state index >= 15 is 0 Å². The van der Waals surface area contributed by atoms with Crippen LogP contribution in [0.5, 0.6) is 0 Å². The summed E-state index contributed by atoms with van der Waals surface area (Å²) in [5, 5.41) is 15.5. The molecule has 0 bridgehead atoms. The Hall–Kier alpha value is -3.52. The van der Waals surface area contributed by atoms with Crippen molar-refractivity contribution in [2.24, 2.45) is 0 Å². The zero-order valence-electron chi connectivity index (χ0n) is 29.0. The number of nitrogens with one attached hydrogen (secondary N) is 2. The number of aliphatic hydroxyl groups excluding tert-OH is 1. The smallest absolute Gasteiger partial charge is 0.384 e. The molecule has 1 saturated heterocycles. The first-order chi connectivity index (χ1) is 23.9. The van der Waals surface area contributed by atoms with E-state index in [9.17, 15) is 28.0 Å². The zero-order valence-corrected chi connectivity index (χ0v) is 29.9. The fourth-order valence-electron chi connectivity index (χ4n) is 4.66. The Balaban J connectivity index is 1.62. The topological polar surface area (TPSA) is 167 Å². The molecule has 0 saturated carbocycles. The molecular formula is C35H52F2N5O7P. The molecule has 2 rings (SSSR count). The van der Waals surface area contributed by atoms with Gasteiger partial charge in [-0.1, -0.05) is 79.8 Å². The summed E-state index contributed by atoms with van der Waals surface area (Å²) in [6.45, 7) is 3.45. The molecule has 5 atom stereocenters. The molecule has 1 aromatic heterocycles. The lowest BCUT2D eigenvalue weighted by Gasteiger charge is -2.26. The van der Waals surface area contributed by atoms with E-state index in [0.29, 0.717) is 11.0 Å². The minimum Gasteiger partial charge on any atom is -0.384 e. The van der Waals surface area contributed by atoms with Crippen molar-refractivity contribution in [3.8, 4) is 0 Å². The molecule has 1 unspecified atom stereocenters. The highest BCUT2D eigenvalue weighted by atomic mass is 31.2. The van der Waals surface area contributed by atoms with Gasteiger partial charge >= 0.3 is 19.4 Å². The van der Waals surface area contributed by atoms with Gasteiger partial charge in [0.05, 0.1) is 6.10 Å². The molecule has 1 amide bonds. The molecule has 5 N–H and O–H groups in total.